The summed E-state index contributed by atoms with van der Waals surface area (Å²) in [7, 11) is 0. The van der Waals surface area contributed by atoms with Crippen LogP contribution in [0.3, 0.4) is 0 Å². The molecule has 0 bridgehead atoms. The Bertz CT molecular complexity index is 369. The van der Waals surface area contributed by atoms with Crippen molar-refractivity contribution in [3.63, 3.8) is 0 Å². The van der Waals surface area contributed by atoms with Gasteiger partial charge in [0.1, 0.15) is 6.54 Å². The molecular weight excluding hydrogens is 180 g/mol. The summed E-state index contributed by atoms with van der Waals surface area (Å²) in [5.41, 5.74) is 6.49. The van der Waals surface area contributed by atoms with E-state index in [0.717, 1.165) is 0 Å². The Balaban J connectivity index is 2.75. The molecule has 0 saturated carbocycles. The third-order valence-corrected chi connectivity index (χ3v) is 1.62. The molecule has 0 unspecified atom stereocenters. The molecule has 0 radical (unpaired) electrons. The number of hydrogen-bond acceptors (Lipinski definition) is 4. The summed E-state index contributed by atoms with van der Waals surface area (Å²) in [6, 6.07) is 5.00. The molecule has 0 saturated heterocycles. The number of nitrogens with zero attached hydrogens (tertiary/aromatic N) is 2. The quantitative estimate of drug-likeness (QED) is 0.645. The number of nitrogens with two attached hydrogens (primary N) is 1. The summed E-state index contributed by atoms with van der Waals surface area (Å²) < 4.78 is 0. The van der Waals surface area contributed by atoms with Gasteiger partial charge in [-0.1, -0.05) is 0 Å². The molecule has 0 spiro atoms. The van der Waals surface area contributed by atoms with Crippen LogP contribution in [0, 0.1) is 11.3 Å². The first-order chi connectivity index (χ1) is 6.77. The molecule has 1 aromatic heterocycles. The lowest BCUT2D eigenvalue weighted by molar-refractivity contribution is 0.0958. The monoisotopic (exact) mass is 190 g/mol. The average Bonchev–Trinajstić information content (AvgIpc) is 2.26. The number of pyridine rings is 1. The van der Waals surface area contributed by atoms with E-state index in [4.69, 9.17) is 11.0 Å². The van der Waals surface area contributed by atoms with E-state index in [1.54, 1.807) is 12.1 Å². The van der Waals surface area contributed by atoms with Gasteiger partial charge in [-0.3, -0.25) is 9.78 Å². The standard InChI is InChI=1S/C9H10N4O/c10-2-4-13-9(14)7-1-3-12-8(5-7)6-11/h1,3,5H,4,6,11H2,(H,13,14). The highest BCUT2D eigenvalue weighted by Crippen LogP contribution is 2.00. The highest BCUT2D eigenvalue weighted by molar-refractivity contribution is 5.94. The molecule has 14 heavy (non-hydrogen) atoms. The van der Waals surface area contributed by atoms with Gasteiger partial charge in [-0.15, -0.1) is 0 Å². The molecule has 0 fully saturated rings. The number of carbonyl (C=O) groups is 1. The zero-order valence-corrected chi connectivity index (χ0v) is 7.53. The molecule has 0 aliphatic heterocycles. The lowest BCUT2D eigenvalue weighted by Crippen LogP contribution is -2.23. The Hall–Kier alpha value is -1.93. The third-order valence-electron chi connectivity index (χ3n) is 1.62. The van der Waals surface area contributed by atoms with Gasteiger partial charge in [-0.05, 0) is 12.1 Å². The Morgan fingerprint density at radius 1 is 1.71 bits per heavy atom. The Labute approximate surface area is 81.6 Å². The molecule has 5 nitrogen and oxygen atoms in total. The number of nitrogens with one attached hydrogen (secondary N) is 1. The molecule has 0 aliphatic rings. The summed E-state index contributed by atoms with van der Waals surface area (Å²) >= 11 is 0. The van der Waals surface area contributed by atoms with Crippen LogP contribution in [-0.4, -0.2) is 17.4 Å². The van der Waals surface area contributed by atoms with Crippen molar-refractivity contribution in [2.45, 2.75) is 6.54 Å². The Morgan fingerprint density at radius 2 is 2.50 bits per heavy atom. The van der Waals surface area contributed by atoms with Crippen LogP contribution in [0.1, 0.15) is 16.1 Å². The number of amides is 1. The van der Waals surface area contributed by atoms with Crippen molar-refractivity contribution in [2.75, 3.05) is 6.54 Å². The van der Waals surface area contributed by atoms with E-state index in [1.165, 1.54) is 6.20 Å². The van der Waals surface area contributed by atoms with Gasteiger partial charge in [0.15, 0.2) is 0 Å². The van der Waals surface area contributed by atoms with Crippen molar-refractivity contribution < 1.29 is 4.79 Å². The topological polar surface area (TPSA) is 91.8 Å². The summed E-state index contributed by atoms with van der Waals surface area (Å²) in [6.07, 6.45) is 1.52. The molecule has 72 valence electrons. The van der Waals surface area contributed by atoms with E-state index in [-0.39, 0.29) is 12.5 Å². The summed E-state index contributed by atoms with van der Waals surface area (Å²) in [4.78, 5) is 15.3. The van der Waals surface area contributed by atoms with Crippen LogP contribution in [0.25, 0.3) is 0 Å². The van der Waals surface area contributed by atoms with E-state index in [2.05, 4.69) is 10.3 Å². The maximum atomic E-state index is 11.3. The molecule has 3 N–H and O–H groups in total. The second kappa shape index (κ2) is 4.94. The van der Waals surface area contributed by atoms with Gasteiger partial charge < -0.3 is 11.1 Å². The minimum absolute atomic E-state index is 0.000878. The first kappa shape index (κ1) is 10.2. The number of nitriles is 1. The van der Waals surface area contributed by atoms with Crippen LogP contribution in [0.5, 0.6) is 0 Å². The molecule has 1 aromatic rings. The lowest BCUT2D eigenvalue weighted by atomic mass is 10.2. The molecule has 1 amide bonds. The fraction of sp³-hybridized carbons (Fsp3) is 0.222. The summed E-state index contributed by atoms with van der Waals surface area (Å²) in [6.45, 7) is 0.290. The lowest BCUT2D eigenvalue weighted by Gasteiger charge is -2.01. The zero-order chi connectivity index (χ0) is 10.4. The van der Waals surface area contributed by atoms with Crippen LogP contribution in [0.4, 0.5) is 0 Å². The van der Waals surface area contributed by atoms with Crippen molar-refractivity contribution in [3.05, 3.63) is 29.6 Å². The van der Waals surface area contributed by atoms with Crippen molar-refractivity contribution >= 4 is 5.91 Å². The van der Waals surface area contributed by atoms with Crippen LogP contribution in [0.2, 0.25) is 0 Å². The van der Waals surface area contributed by atoms with Gasteiger partial charge in [0.2, 0.25) is 0 Å². The number of aromatic nitrogens is 1. The van der Waals surface area contributed by atoms with E-state index in [0.29, 0.717) is 17.8 Å². The second-order valence-electron chi connectivity index (χ2n) is 2.58. The fourth-order valence-electron chi connectivity index (χ4n) is 0.953. The van der Waals surface area contributed by atoms with Gasteiger partial charge in [-0.2, -0.15) is 5.26 Å². The van der Waals surface area contributed by atoms with Crippen molar-refractivity contribution in [3.8, 4) is 6.07 Å². The van der Waals surface area contributed by atoms with E-state index >= 15 is 0 Å². The SMILES string of the molecule is N#CCNC(=O)c1ccnc(CN)c1. The minimum Gasteiger partial charge on any atom is -0.339 e. The zero-order valence-electron chi connectivity index (χ0n) is 7.53. The minimum atomic E-state index is -0.288. The van der Waals surface area contributed by atoms with E-state index < -0.39 is 0 Å². The second-order valence-corrected chi connectivity index (χ2v) is 2.58. The van der Waals surface area contributed by atoms with Gasteiger partial charge in [0, 0.05) is 18.3 Å². The normalized spacial score (nSPS) is 9.14. The van der Waals surface area contributed by atoms with Gasteiger partial charge in [0.05, 0.1) is 11.8 Å². The largest absolute Gasteiger partial charge is 0.339 e. The molecule has 0 atom stereocenters. The van der Waals surface area contributed by atoms with Gasteiger partial charge >= 0.3 is 0 Å². The predicted molar refractivity (Wildman–Crippen MR) is 50.1 cm³/mol. The highest BCUT2D eigenvalue weighted by Gasteiger charge is 2.04. The molecule has 0 aromatic carbocycles. The molecule has 1 rings (SSSR count). The maximum absolute atomic E-state index is 11.3. The highest BCUT2D eigenvalue weighted by atomic mass is 16.1. The molecule has 0 aliphatic carbocycles. The first-order valence-electron chi connectivity index (χ1n) is 4.08. The maximum Gasteiger partial charge on any atom is 0.252 e. The number of rotatable bonds is 3. The van der Waals surface area contributed by atoms with Crippen LogP contribution >= 0.6 is 0 Å². The van der Waals surface area contributed by atoms with Crippen LogP contribution in [0.15, 0.2) is 18.3 Å². The smallest absolute Gasteiger partial charge is 0.252 e. The first-order valence-corrected chi connectivity index (χ1v) is 4.08. The Kier molecular flexibility index (Phi) is 3.58. The summed E-state index contributed by atoms with van der Waals surface area (Å²) in [5.74, 6) is -0.288. The number of hydrogen-bond donors (Lipinski definition) is 2. The Morgan fingerprint density at radius 3 is 3.14 bits per heavy atom. The van der Waals surface area contributed by atoms with E-state index in [1.807, 2.05) is 6.07 Å². The predicted octanol–water partition coefficient (Wildman–Crippen LogP) is -0.206. The molecular formula is C9H10N4O. The van der Waals surface area contributed by atoms with Gasteiger partial charge in [-0.25, -0.2) is 0 Å². The van der Waals surface area contributed by atoms with Crippen molar-refractivity contribution in [1.82, 2.24) is 10.3 Å². The van der Waals surface area contributed by atoms with Crippen LogP contribution < -0.4 is 11.1 Å². The molecule has 5 heteroatoms. The molecule has 1 heterocycles. The number of carbonyl (C=O) groups excluding carboxylic acids is 1. The van der Waals surface area contributed by atoms with Crippen molar-refractivity contribution in [1.29, 1.82) is 5.26 Å². The van der Waals surface area contributed by atoms with E-state index in [9.17, 15) is 4.79 Å². The van der Waals surface area contributed by atoms with Gasteiger partial charge in [0.25, 0.3) is 5.91 Å². The average molecular weight is 190 g/mol. The summed E-state index contributed by atoms with van der Waals surface area (Å²) in [5, 5.41) is 10.7. The van der Waals surface area contributed by atoms with Crippen molar-refractivity contribution in [2.24, 2.45) is 5.73 Å². The van der Waals surface area contributed by atoms with Crippen LogP contribution in [-0.2, 0) is 6.54 Å². The third kappa shape index (κ3) is 2.54. The fourth-order valence-corrected chi connectivity index (χ4v) is 0.953.